The van der Waals surface area contributed by atoms with Gasteiger partial charge in [-0.3, -0.25) is 4.79 Å². The summed E-state index contributed by atoms with van der Waals surface area (Å²) in [7, 11) is 3.28. The van der Waals surface area contributed by atoms with Crippen molar-refractivity contribution in [3.05, 3.63) is 69.5 Å². The number of fused-ring (bicyclic) bond motifs is 1. The van der Waals surface area contributed by atoms with Crippen molar-refractivity contribution >= 4 is 29.0 Å². The number of carbonyl (C=O) groups is 1. The van der Waals surface area contributed by atoms with Crippen molar-refractivity contribution in [2.24, 2.45) is 0 Å². The van der Waals surface area contributed by atoms with Gasteiger partial charge in [-0.15, -0.1) is 23.1 Å². The number of aromatic nitrogens is 1. The van der Waals surface area contributed by atoms with E-state index in [2.05, 4.69) is 11.1 Å². The molecule has 0 aliphatic carbocycles. The Balaban J connectivity index is 1.83. The van der Waals surface area contributed by atoms with Crippen LogP contribution in [0.3, 0.4) is 0 Å². The van der Waals surface area contributed by atoms with E-state index in [1.165, 1.54) is 17.3 Å². The SMILES string of the molecule is COc1cc2c(cc1OC)C(c1cccs1)N(C(=O)c1cccnc1SC)CC2. The van der Waals surface area contributed by atoms with E-state index in [9.17, 15) is 4.79 Å². The number of thioether (sulfide) groups is 1. The van der Waals surface area contributed by atoms with Crippen LogP contribution in [0.2, 0.25) is 0 Å². The second-order valence-electron chi connectivity index (χ2n) is 6.63. The van der Waals surface area contributed by atoms with Crippen molar-refractivity contribution in [3.8, 4) is 11.5 Å². The number of rotatable bonds is 5. The molecular weight excluding hydrogens is 404 g/mol. The Bertz CT molecular complexity index is 1020. The maximum atomic E-state index is 13.6. The van der Waals surface area contributed by atoms with Crippen LogP contribution in [0.25, 0.3) is 0 Å². The first kappa shape index (κ1) is 19.8. The summed E-state index contributed by atoms with van der Waals surface area (Å²) in [6, 6.07) is 11.7. The lowest BCUT2D eigenvalue weighted by molar-refractivity contribution is 0.0692. The van der Waals surface area contributed by atoms with E-state index in [-0.39, 0.29) is 11.9 Å². The number of hydrogen-bond donors (Lipinski definition) is 0. The highest BCUT2D eigenvalue weighted by Gasteiger charge is 2.35. The van der Waals surface area contributed by atoms with Crippen LogP contribution in [-0.4, -0.2) is 42.8 Å². The summed E-state index contributed by atoms with van der Waals surface area (Å²) in [5, 5.41) is 2.80. The largest absolute Gasteiger partial charge is 0.493 e. The first-order valence-electron chi connectivity index (χ1n) is 9.26. The van der Waals surface area contributed by atoms with Crippen LogP contribution < -0.4 is 9.47 Å². The average Bonchev–Trinajstić information content (AvgIpc) is 3.31. The van der Waals surface area contributed by atoms with Gasteiger partial charge in [0.05, 0.1) is 25.8 Å². The average molecular weight is 427 g/mol. The molecule has 0 saturated heterocycles. The molecule has 1 unspecified atom stereocenters. The molecule has 0 fully saturated rings. The van der Waals surface area contributed by atoms with Crippen molar-refractivity contribution < 1.29 is 14.3 Å². The van der Waals surface area contributed by atoms with E-state index >= 15 is 0 Å². The molecule has 0 radical (unpaired) electrons. The predicted octanol–water partition coefficient (Wildman–Crippen LogP) is 4.67. The summed E-state index contributed by atoms with van der Waals surface area (Å²) in [6.07, 6.45) is 4.43. The third-order valence-corrected chi connectivity index (χ3v) is 6.78. The van der Waals surface area contributed by atoms with Crippen LogP contribution in [0, 0.1) is 0 Å². The summed E-state index contributed by atoms with van der Waals surface area (Å²) < 4.78 is 11.0. The zero-order valence-electron chi connectivity index (χ0n) is 16.5. The van der Waals surface area contributed by atoms with Gasteiger partial charge in [-0.2, -0.15) is 0 Å². The molecule has 1 aromatic carbocycles. The number of methoxy groups -OCH3 is 2. The van der Waals surface area contributed by atoms with Gasteiger partial charge in [-0.25, -0.2) is 4.98 Å². The monoisotopic (exact) mass is 426 g/mol. The number of thiophene rings is 1. The van der Waals surface area contributed by atoms with E-state index in [0.717, 1.165) is 21.9 Å². The lowest BCUT2D eigenvalue weighted by Crippen LogP contribution is -2.40. The molecule has 150 valence electrons. The minimum atomic E-state index is -0.166. The molecule has 0 bridgehead atoms. The van der Waals surface area contributed by atoms with Gasteiger partial charge in [0.1, 0.15) is 5.03 Å². The molecule has 2 aromatic heterocycles. The lowest BCUT2D eigenvalue weighted by atomic mass is 9.90. The van der Waals surface area contributed by atoms with Crippen LogP contribution in [0.5, 0.6) is 11.5 Å². The number of amides is 1. The van der Waals surface area contributed by atoms with Gasteiger partial charge in [0, 0.05) is 17.6 Å². The first-order chi connectivity index (χ1) is 14.2. The fourth-order valence-corrected chi connectivity index (χ4v) is 5.19. The number of hydrogen-bond acceptors (Lipinski definition) is 6. The third-order valence-electron chi connectivity index (χ3n) is 5.14. The Morgan fingerprint density at radius 2 is 2.00 bits per heavy atom. The Labute approximate surface area is 178 Å². The smallest absolute Gasteiger partial charge is 0.257 e. The molecule has 3 aromatic rings. The molecule has 0 N–H and O–H groups in total. The summed E-state index contributed by atoms with van der Waals surface area (Å²) in [5.41, 5.74) is 2.91. The Morgan fingerprint density at radius 3 is 2.69 bits per heavy atom. The summed E-state index contributed by atoms with van der Waals surface area (Å²) in [6.45, 7) is 0.632. The quantitative estimate of drug-likeness (QED) is 0.555. The molecule has 1 atom stereocenters. The van der Waals surface area contributed by atoms with Gasteiger partial charge in [0.15, 0.2) is 11.5 Å². The minimum Gasteiger partial charge on any atom is -0.493 e. The molecule has 1 aliphatic rings. The Morgan fingerprint density at radius 1 is 1.21 bits per heavy atom. The van der Waals surface area contributed by atoms with Crippen molar-refractivity contribution in [2.75, 3.05) is 27.0 Å². The molecular formula is C22H22N2O3S2. The normalized spacial score (nSPS) is 15.7. The second-order valence-corrected chi connectivity index (χ2v) is 8.41. The van der Waals surface area contributed by atoms with Crippen molar-refractivity contribution in [3.63, 3.8) is 0 Å². The van der Waals surface area contributed by atoms with Crippen LogP contribution in [-0.2, 0) is 6.42 Å². The zero-order chi connectivity index (χ0) is 20.4. The molecule has 4 rings (SSSR count). The molecule has 7 heteroatoms. The van der Waals surface area contributed by atoms with Crippen LogP contribution in [0.1, 0.15) is 32.4 Å². The van der Waals surface area contributed by atoms with E-state index < -0.39 is 0 Å². The summed E-state index contributed by atoms with van der Waals surface area (Å²) in [5.74, 6) is 1.39. The van der Waals surface area contributed by atoms with Crippen LogP contribution in [0.4, 0.5) is 0 Å². The number of benzene rings is 1. The van der Waals surface area contributed by atoms with Crippen LogP contribution >= 0.6 is 23.1 Å². The molecule has 5 nitrogen and oxygen atoms in total. The second kappa shape index (κ2) is 8.47. The summed E-state index contributed by atoms with van der Waals surface area (Å²) >= 11 is 3.15. The first-order valence-corrected chi connectivity index (χ1v) is 11.4. The highest BCUT2D eigenvalue weighted by molar-refractivity contribution is 7.98. The fraction of sp³-hybridized carbons (Fsp3) is 0.273. The highest BCUT2D eigenvalue weighted by atomic mass is 32.2. The van der Waals surface area contributed by atoms with Gasteiger partial charge in [-0.05, 0) is 59.5 Å². The number of carbonyl (C=O) groups excluding carboxylic acids is 1. The Kier molecular flexibility index (Phi) is 5.78. The minimum absolute atomic E-state index is 0.00119. The van der Waals surface area contributed by atoms with E-state index in [4.69, 9.17) is 9.47 Å². The molecule has 3 heterocycles. The maximum Gasteiger partial charge on any atom is 0.257 e. The van der Waals surface area contributed by atoms with E-state index in [1.807, 2.05) is 46.9 Å². The molecule has 0 saturated carbocycles. The number of ether oxygens (including phenoxy) is 2. The lowest BCUT2D eigenvalue weighted by Gasteiger charge is -2.37. The van der Waals surface area contributed by atoms with Gasteiger partial charge in [0.2, 0.25) is 0 Å². The number of pyridine rings is 1. The highest BCUT2D eigenvalue weighted by Crippen LogP contribution is 2.42. The van der Waals surface area contributed by atoms with Crippen molar-refractivity contribution in [1.82, 2.24) is 9.88 Å². The Hall–Kier alpha value is -2.51. The van der Waals surface area contributed by atoms with Crippen molar-refractivity contribution in [1.29, 1.82) is 0 Å². The fourth-order valence-electron chi connectivity index (χ4n) is 3.79. The molecule has 1 amide bonds. The van der Waals surface area contributed by atoms with E-state index in [1.54, 1.807) is 31.8 Å². The van der Waals surface area contributed by atoms with Crippen molar-refractivity contribution in [2.45, 2.75) is 17.5 Å². The standard InChI is InChI=1S/C22H22N2O3S2/c1-26-17-12-14-8-10-24(22(25)15-6-4-9-23-21(15)28-3)20(19-7-5-11-29-19)16(14)13-18(17)27-2/h4-7,9,11-13,20H,8,10H2,1-3H3. The summed E-state index contributed by atoms with van der Waals surface area (Å²) in [4.78, 5) is 21.1. The van der Waals surface area contributed by atoms with Gasteiger partial charge < -0.3 is 14.4 Å². The van der Waals surface area contributed by atoms with Gasteiger partial charge in [0.25, 0.3) is 5.91 Å². The zero-order valence-corrected chi connectivity index (χ0v) is 18.2. The number of nitrogens with zero attached hydrogens (tertiary/aromatic N) is 2. The predicted molar refractivity (Wildman–Crippen MR) is 116 cm³/mol. The molecule has 29 heavy (non-hydrogen) atoms. The van der Waals surface area contributed by atoms with E-state index in [0.29, 0.717) is 23.6 Å². The van der Waals surface area contributed by atoms with Gasteiger partial charge >= 0.3 is 0 Å². The molecule has 0 spiro atoms. The molecule has 1 aliphatic heterocycles. The topological polar surface area (TPSA) is 51.7 Å². The van der Waals surface area contributed by atoms with Gasteiger partial charge in [-0.1, -0.05) is 6.07 Å². The third kappa shape index (κ3) is 3.60. The maximum absolute atomic E-state index is 13.6. The van der Waals surface area contributed by atoms with Crippen LogP contribution in [0.15, 0.2) is 53.0 Å².